The Morgan fingerprint density at radius 1 is 1.14 bits per heavy atom. The molecule has 1 aromatic carbocycles. The van der Waals surface area contributed by atoms with Gasteiger partial charge in [0.2, 0.25) is 5.91 Å². The third-order valence-corrected chi connectivity index (χ3v) is 4.44. The standard InChI is InChI=1S/C17H19NO3/c19-16(12-6-2-1-3-7-12)18-11-14-9-5-4-8-13(14)10-15(18)17(20)21/h1-2,4-5,8-9,12,15H,3,6-7,10-11H2,(H,20,21)/t12-,15+/m0/s1. The van der Waals surface area contributed by atoms with Crippen molar-refractivity contribution in [2.75, 3.05) is 0 Å². The first-order valence-corrected chi connectivity index (χ1v) is 7.42. The number of carbonyl (C=O) groups is 2. The highest BCUT2D eigenvalue weighted by Gasteiger charge is 2.37. The summed E-state index contributed by atoms with van der Waals surface area (Å²) in [6.45, 7) is 0.409. The molecular weight excluding hydrogens is 266 g/mol. The normalized spacial score (nSPS) is 24.5. The number of carbonyl (C=O) groups excluding carboxylic acids is 1. The second kappa shape index (κ2) is 5.72. The van der Waals surface area contributed by atoms with Crippen LogP contribution in [0.4, 0.5) is 0 Å². The van der Waals surface area contributed by atoms with Gasteiger partial charge in [0.15, 0.2) is 0 Å². The maximum Gasteiger partial charge on any atom is 0.326 e. The van der Waals surface area contributed by atoms with Crippen LogP contribution in [0.3, 0.4) is 0 Å². The summed E-state index contributed by atoms with van der Waals surface area (Å²) in [4.78, 5) is 25.8. The minimum atomic E-state index is -0.913. The molecule has 0 saturated heterocycles. The maximum absolute atomic E-state index is 12.7. The summed E-state index contributed by atoms with van der Waals surface area (Å²) >= 11 is 0. The number of amides is 1. The van der Waals surface area contributed by atoms with E-state index in [1.165, 1.54) is 0 Å². The lowest BCUT2D eigenvalue weighted by Gasteiger charge is -2.36. The minimum Gasteiger partial charge on any atom is -0.480 e. The Balaban J connectivity index is 1.87. The van der Waals surface area contributed by atoms with Crippen molar-refractivity contribution in [2.24, 2.45) is 5.92 Å². The van der Waals surface area contributed by atoms with Gasteiger partial charge in [-0.25, -0.2) is 4.79 Å². The maximum atomic E-state index is 12.7. The summed E-state index contributed by atoms with van der Waals surface area (Å²) in [6, 6.07) is 7.05. The van der Waals surface area contributed by atoms with Crippen molar-refractivity contribution in [3.8, 4) is 0 Å². The summed E-state index contributed by atoms with van der Waals surface area (Å²) in [6.07, 6.45) is 6.96. The topological polar surface area (TPSA) is 57.6 Å². The summed E-state index contributed by atoms with van der Waals surface area (Å²) < 4.78 is 0. The summed E-state index contributed by atoms with van der Waals surface area (Å²) in [5.74, 6) is -0.993. The van der Waals surface area contributed by atoms with Gasteiger partial charge in [-0.3, -0.25) is 4.79 Å². The molecular formula is C17H19NO3. The van der Waals surface area contributed by atoms with Crippen molar-refractivity contribution in [2.45, 2.75) is 38.3 Å². The van der Waals surface area contributed by atoms with Gasteiger partial charge >= 0.3 is 5.97 Å². The van der Waals surface area contributed by atoms with Gasteiger partial charge in [-0.15, -0.1) is 0 Å². The van der Waals surface area contributed by atoms with E-state index in [9.17, 15) is 14.7 Å². The number of allylic oxidation sites excluding steroid dienone is 2. The van der Waals surface area contributed by atoms with E-state index in [0.717, 1.165) is 30.4 Å². The van der Waals surface area contributed by atoms with Gasteiger partial charge in [0, 0.05) is 18.9 Å². The van der Waals surface area contributed by atoms with Gasteiger partial charge in [-0.2, -0.15) is 0 Å². The molecule has 1 aromatic rings. The SMILES string of the molecule is O=C(O)[C@H]1Cc2ccccc2CN1C(=O)[C@H]1CC=CCC1. The van der Waals surface area contributed by atoms with Crippen LogP contribution in [-0.4, -0.2) is 27.9 Å². The van der Waals surface area contributed by atoms with Crippen molar-refractivity contribution < 1.29 is 14.7 Å². The predicted octanol–water partition coefficient (Wildman–Crippen LogP) is 2.38. The summed E-state index contributed by atoms with van der Waals surface area (Å²) in [5.41, 5.74) is 2.10. The van der Waals surface area contributed by atoms with Crippen LogP contribution >= 0.6 is 0 Å². The molecule has 0 saturated carbocycles. The Hall–Kier alpha value is -2.10. The lowest BCUT2D eigenvalue weighted by atomic mass is 9.89. The Morgan fingerprint density at radius 3 is 2.57 bits per heavy atom. The Bertz CT molecular complexity index is 593. The molecule has 0 bridgehead atoms. The van der Waals surface area contributed by atoms with Crippen molar-refractivity contribution in [3.63, 3.8) is 0 Å². The molecule has 0 fully saturated rings. The molecule has 1 aliphatic carbocycles. The predicted molar refractivity (Wildman–Crippen MR) is 78.6 cm³/mol. The van der Waals surface area contributed by atoms with Crippen molar-refractivity contribution in [1.82, 2.24) is 4.90 Å². The quantitative estimate of drug-likeness (QED) is 0.849. The molecule has 0 aromatic heterocycles. The number of hydrogen-bond acceptors (Lipinski definition) is 2. The molecule has 1 N–H and O–H groups in total. The number of rotatable bonds is 2. The van der Waals surface area contributed by atoms with Crippen molar-refractivity contribution >= 4 is 11.9 Å². The fourth-order valence-electron chi connectivity index (χ4n) is 3.23. The highest BCUT2D eigenvalue weighted by molar-refractivity contribution is 5.86. The van der Waals surface area contributed by atoms with Gasteiger partial charge in [0.25, 0.3) is 0 Å². The third-order valence-electron chi connectivity index (χ3n) is 4.44. The van der Waals surface area contributed by atoms with E-state index in [-0.39, 0.29) is 11.8 Å². The van der Waals surface area contributed by atoms with Crippen LogP contribution in [0.15, 0.2) is 36.4 Å². The Kier molecular flexibility index (Phi) is 3.78. The molecule has 2 atom stereocenters. The molecule has 1 amide bonds. The largest absolute Gasteiger partial charge is 0.480 e. The van der Waals surface area contributed by atoms with Gasteiger partial charge in [-0.05, 0) is 30.4 Å². The average Bonchev–Trinajstić information content (AvgIpc) is 2.53. The molecule has 1 heterocycles. The van der Waals surface area contributed by atoms with E-state index in [1.807, 2.05) is 30.3 Å². The molecule has 4 nitrogen and oxygen atoms in total. The highest BCUT2D eigenvalue weighted by atomic mass is 16.4. The first kappa shape index (κ1) is 13.9. The number of aliphatic carboxylic acids is 1. The fourth-order valence-corrected chi connectivity index (χ4v) is 3.23. The van der Waals surface area contributed by atoms with E-state index in [0.29, 0.717) is 13.0 Å². The average molecular weight is 285 g/mol. The Morgan fingerprint density at radius 2 is 1.90 bits per heavy atom. The molecule has 2 aliphatic rings. The van der Waals surface area contributed by atoms with Crippen LogP contribution < -0.4 is 0 Å². The van der Waals surface area contributed by atoms with Gasteiger partial charge in [0.05, 0.1) is 0 Å². The van der Waals surface area contributed by atoms with E-state index < -0.39 is 12.0 Å². The number of nitrogens with zero attached hydrogens (tertiary/aromatic N) is 1. The van der Waals surface area contributed by atoms with Gasteiger partial charge in [-0.1, -0.05) is 36.4 Å². The third kappa shape index (κ3) is 2.71. The summed E-state index contributed by atoms with van der Waals surface area (Å²) in [5, 5.41) is 9.47. The second-order valence-corrected chi connectivity index (χ2v) is 5.77. The lowest BCUT2D eigenvalue weighted by molar-refractivity contribution is -0.153. The van der Waals surface area contributed by atoms with Crippen LogP contribution in [0.5, 0.6) is 0 Å². The van der Waals surface area contributed by atoms with Crippen LogP contribution in [0.1, 0.15) is 30.4 Å². The Labute approximate surface area is 124 Å². The molecule has 0 spiro atoms. The van der Waals surface area contributed by atoms with E-state index in [2.05, 4.69) is 6.08 Å². The zero-order valence-electron chi connectivity index (χ0n) is 11.9. The van der Waals surface area contributed by atoms with Gasteiger partial charge in [0.1, 0.15) is 6.04 Å². The molecule has 3 rings (SSSR count). The minimum absolute atomic E-state index is 0.0127. The van der Waals surface area contributed by atoms with E-state index in [1.54, 1.807) is 4.90 Å². The number of fused-ring (bicyclic) bond motifs is 1. The second-order valence-electron chi connectivity index (χ2n) is 5.77. The molecule has 0 radical (unpaired) electrons. The van der Waals surface area contributed by atoms with Crippen molar-refractivity contribution in [3.05, 3.63) is 47.5 Å². The monoisotopic (exact) mass is 285 g/mol. The number of benzene rings is 1. The molecule has 1 aliphatic heterocycles. The zero-order chi connectivity index (χ0) is 14.8. The first-order chi connectivity index (χ1) is 10.2. The van der Waals surface area contributed by atoms with E-state index >= 15 is 0 Å². The fraction of sp³-hybridized carbons (Fsp3) is 0.412. The smallest absolute Gasteiger partial charge is 0.326 e. The molecule has 4 heteroatoms. The zero-order valence-corrected chi connectivity index (χ0v) is 11.9. The first-order valence-electron chi connectivity index (χ1n) is 7.42. The van der Waals surface area contributed by atoms with Crippen LogP contribution in [0, 0.1) is 5.92 Å². The summed E-state index contributed by atoms with van der Waals surface area (Å²) in [7, 11) is 0. The highest BCUT2D eigenvalue weighted by Crippen LogP contribution is 2.28. The number of hydrogen-bond donors (Lipinski definition) is 1. The lowest BCUT2D eigenvalue weighted by Crippen LogP contribution is -2.50. The molecule has 0 unspecified atom stereocenters. The van der Waals surface area contributed by atoms with Crippen LogP contribution in [-0.2, 0) is 22.6 Å². The van der Waals surface area contributed by atoms with Gasteiger partial charge < -0.3 is 10.0 Å². The van der Waals surface area contributed by atoms with Crippen LogP contribution in [0.2, 0.25) is 0 Å². The van der Waals surface area contributed by atoms with E-state index in [4.69, 9.17) is 0 Å². The number of carboxylic acid groups (broad SMARTS) is 1. The molecule has 110 valence electrons. The molecule has 21 heavy (non-hydrogen) atoms. The van der Waals surface area contributed by atoms with Crippen LogP contribution in [0.25, 0.3) is 0 Å². The van der Waals surface area contributed by atoms with Crippen molar-refractivity contribution in [1.29, 1.82) is 0 Å². The number of carboxylic acids is 1.